The smallest absolute Gasteiger partial charge is 0.261 e. The Kier molecular flexibility index (Phi) is 5.41. The normalized spacial score (nSPS) is 13.8. The fraction of sp³-hybridized carbons (Fsp3) is 0.333. The van der Waals surface area contributed by atoms with Crippen LogP contribution in [0.25, 0.3) is 22.4 Å². The Morgan fingerprint density at radius 3 is 2.57 bits per heavy atom. The van der Waals surface area contributed by atoms with E-state index in [1.54, 1.807) is 20.2 Å². The Balaban J connectivity index is 2.31. The monoisotopic (exact) mass is 396 g/mol. The van der Waals surface area contributed by atoms with Crippen molar-refractivity contribution in [2.75, 3.05) is 0 Å². The first-order valence-electron chi connectivity index (χ1n) is 9.00. The number of benzene rings is 1. The van der Waals surface area contributed by atoms with Crippen molar-refractivity contribution in [3.05, 3.63) is 58.0 Å². The topological polar surface area (TPSA) is 83.2 Å². The van der Waals surface area contributed by atoms with E-state index in [2.05, 4.69) is 9.38 Å². The molecule has 2 aromatic heterocycles. The zero-order chi connectivity index (χ0) is 20.6. The molecule has 0 bridgehead atoms. The number of pyridine rings is 1. The average molecular weight is 397 g/mol. The number of hydrogen-bond donors (Lipinski definition) is 0. The highest BCUT2D eigenvalue weighted by atomic mass is 32.2. The van der Waals surface area contributed by atoms with Crippen molar-refractivity contribution < 1.29 is 4.55 Å². The first kappa shape index (κ1) is 20.2. The molecule has 0 saturated carbocycles. The van der Waals surface area contributed by atoms with E-state index in [9.17, 15) is 9.35 Å². The fourth-order valence-corrected chi connectivity index (χ4v) is 3.45. The largest absolute Gasteiger partial charge is 0.591 e. The van der Waals surface area contributed by atoms with Gasteiger partial charge in [-0.3, -0.25) is 14.3 Å². The Hall–Kier alpha value is -2.51. The van der Waals surface area contributed by atoms with Gasteiger partial charge in [-0.15, -0.1) is 0 Å². The molecule has 0 radical (unpaired) electrons. The molecule has 0 aliphatic heterocycles. The summed E-state index contributed by atoms with van der Waals surface area (Å²) in [6.45, 7) is 9.35. The molecule has 1 atom stereocenters. The molecule has 0 amide bonds. The number of fused-ring (bicyclic) bond motifs is 1. The average Bonchev–Trinajstić information content (AvgIpc) is 2.64. The molecule has 0 spiro atoms. The van der Waals surface area contributed by atoms with Crippen LogP contribution in [0.4, 0.5) is 0 Å². The number of aryl methyl sites for hydroxylation is 1. The van der Waals surface area contributed by atoms with Gasteiger partial charge in [-0.05, 0) is 64.4 Å². The third-order valence-corrected chi connectivity index (χ3v) is 5.84. The van der Waals surface area contributed by atoms with Gasteiger partial charge in [-0.25, -0.2) is 4.98 Å². The molecule has 0 aliphatic carbocycles. The van der Waals surface area contributed by atoms with E-state index >= 15 is 0 Å². The second-order valence-electron chi connectivity index (χ2n) is 7.76. The van der Waals surface area contributed by atoms with Crippen LogP contribution in [-0.4, -0.2) is 29.5 Å². The summed E-state index contributed by atoms with van der Waals surface area (Å²) in [5.74, 6) is 0.480. The van der Waals surface area contributed by atoms with Gasteiger partial charge in [0, 0.05) is 18.8 Å². The molecule has 7 heteroatoms. The van der Waals surface area contributed by atoms with Crippen molar-refractivity contribution in [2.45, 2.75) is 39.4 Å². The number of rotatable bonds is 3. The summed E-state index contributed by atoms with van der Waals surface area (Å²) >= 11 is -1.40. The van der Waals surface area contributed by atoms with Crippen LogP contribution < -0.4 is 5.56 Å². The molecule has 0 aliphatic rings. The molecule has 146 valence electrons. The summed E-state index contributed by atoms with van der Waals surface area (Å²) in [6, 6.07) is 9.24. The molecule has 1 unspecified atom stereocenters. The summed E-state index contributed by atoms with van der Waals surface area (Å²) in [6.07, 6.45) is 1.67. The number of aromatic nitrogens is 3. The predicted molar refractivity (Wildman–Crippen MR) is 115 cm³/mol. The molecule has 0 fully saturated rings. The fourth-order valence-electron chi connectivity index (χ4n) is 2.83. The Labute approximate surface area is 167 Å². The van der Waals surface area contributed by atoms with E-state index in [1.807, 2.05) is 58.0 Å². The molecule has 28 heavy (non-hydrogen) atoms. The van der Waals surface area contributed by atoms with Gasteiger partial charge in [0.2, 0.25) is 0 Å². The Morgan fingerprint density at radius 2 is 1.96 bits per heavy atom. The van der Waals surface area contributed by atoms with Crippen molar-refractivity contribution >= 4 is 28.0 Å². The molecule has 6 nitrogen and oxygen atoms in total. The van der Waals surface area contributed by atoms with Gasteiger partial charge in [0.15, 0.2) is 5.82 Å². The summed E-state index contributed by atoms with van der Waals surface area (Å²) in [4.78, 5) is 22.1. The van der Waals surface area contributed by atoms with Crippen LogP contribution in [0, 0.1) is 6.92 Å². The van der Waals surface area contributed by atoms with Gasteiger partial charge in [0.1, 0.15) is 21.8 Å². The lowest BCUT2D eigenvalue weighted by atomic mass is 10.0. The highest BCUT2D eigenvalue weighted by Gasteiger charge is 2.27. The van der Waals surface area contributed by atoms with Crippen molar-refractivity contribution in [1.29, 1.82) is 0 Å². The molecule has 2 heterocycles. The van der Waals surface area contributed by atoms with E-state index in [1.165, 1.54) is 4.57 Å². The highest BCUT2D eigenvalue weighted by Crippen LogP contribution is 2.23. The maximum absolute atomic E-state index is 13.0. The van der Waals surface area contributed by atoms with Gasteiger partial charge in [0.05, 0.1) is 16.6 Å². The third-order valence-electron chi connectivity index (χ3n) is 4.35. The summed E-state index contributed by atoms with van der Waals surface area (Å²) in [5, 5.41) is 0.508. The van der Waals surface area contributed by atoms with E-state index in [4.69, 9.17) is 4.98 Å². The van der Waals surface area contributed by atoms with E-state index in [-0.39, 0.29) is 5.56 Å². The summed E-state index contributed by atoms with van der Waals surface area (Å²) < 4.78 is 17.9. The minimum atomic E-state index is -1.40. The predicted octanol–water partition coefficient (Wildman–Crippen LogP) is 3.58. The minimum Gasteiger partial charge on any atom is -0.591 e. The molecule has 0 N–H and O–H groups in total. The van der Waals surface area contributed by atoms with Gasteiger partial charge in [-0.2, -0.15) is 0 Å². The SMILES string of the molecule is CC(=N[S+]([O-])C(C)(C)C)c1cc(C)cc2c(=O)n(C)c(-c3ccccn3)nc12. The summed E-state index contributed by atoms with van der Waals surface area (Å²) in [5.41, 5.74) is 3.23. The van der Waals surface area contributed by atoms with E-state index < -0.39 is 16.1 Å². The second kappa shape index (κ2) is 7.48. The van der Waals surface area contributed by atoms with Crippen molar-refractivity contribution in [2.24, 2.45) is 11.4 Å². The lowest BCUT2D eigenvalue weighted by Gasteiger charge is -2.19. The molecular formula is C21H24N4O2S. The van der Waals surface area contributed by atoms with Crippen molar-refractivity contribution in [3.8, 4) is 11.5 Å². The first-order valence-corrected chi connectivity index (χ1v) is 10.1. The molecule has 1 aromatic carbocycles. The standard InChI is InChI=1S/C21H24N4O2S/c1-13-11-15(14(2)24-28(27)21(3,4)5)18-16(12-13)20(26)25(6)19(23-18)17-9-7-8-10-22-17/h7-12H,1-6H3. The van der Waals surface area contributed by atoms with Crippen molar-refractivity contribution in [3.63, 3.8) is 0 Å². The second-order valence-corrected chi connectivity index (χ2v) is 9.67. The Bertz CT molecular complexity index is 1120. The molecule has 3 rings (SSSR count). The molecular weight excluding hydrogens is 372 g/mol. The molecule has 3 aromatic rings. The third kappa shape index (κ3) is 3.86. The van der Waals surface area contributed by atoms with Gasteiger partial charge in [0.25, 0.3) is 5.56 Å². The van der Waals surface area contributed by atoms with Gasteiger partial charge >= 0.3 is 0 Å². The van der Waals surface area contributed by atoms with Crippen LogP contribution in [0.15, 0.2) is 45.7 Å². The van der Waals surface area contributed by atoms with Crippen LogP contribution in [0.1, 0.15) is 38.8 Å². The van der Waals surface area contributed by atoms with E-state index in [0.29, 0.717) is 33.7 Å². The Morgan fingerprint density at radius 1 is 1.25 bits per heavy atom. The quantitative estimate of drug-likeness (QED) is 0.500. The summed E-state index contributed by atoms with van der Waals surface area (Å²) in [7, 11) is 1.69. The zero-order valence-electron chi connectivity index (χ0n) is 17.0. The van der Waals surface area contributed by atoms with E-state index in [0.717, 1.165) is 5.56 Å². The first-order chi connectivity index (χ1) is 13.1. The van der Waals surface area contributed by atoms with Gasteiger partial charge in [-0.1, -0.05) is 10.5 Å². The van der Waals surface area contributed by atoms with Crippen LogP contribution >= 0.6 is 0 Å². The number of nitrogens with zero attached hydrogens (tertiary/aromatic N) is 4. The lowest BCUT2D eigenvalue weighted by Crippen LogP contribution is -2.27. The maximum atomic E-state index is 13.0. The van der Waals surface area contributed by atoms with Crippen LogP contribution in [0.2, 0.25) is 0 Å². The highest BCUT2D eigenvalue weighted by molar-refractivity contribution is 7.91. The minimum absolute atomic E-state index is 0.152. The lowest BCUT2D eigenvalue weighted by molar-refractivity contribution is 0.561. The van der Waals surface area contributed by atoms with Crippen LogP contribution in [-0.2, 0) is 18.4 Å². The van der Waals surface area contributed by atoms with Crippen LogP contribution in [0.3, 0.4) is 0 Å². The number of hydrogen-bond acceptors (Lipinski definition) is 5. The maximum Gasteiger partial charge on any atom is 0.261 e. The zero-order valence-corrected chi connectivity index (χ0v) is 17.8. The molecule has 0 saturated heterocycles. The van der Waals surface area contributed by atoms with Gasteiger partial charge < -0.3 is 4.55 Å². The van der Waals surface area contributed by atoms with Crippen LogP contribution in [0.5, 0.6) is 0 Å². The van der Waals surface area contributed by atoms with Crippen molar-refractivity contribution in [1.82, 2.24) is 14.5 Å².